The van der Waals surface area contributed by atoms with E-state index >= 15 is 0 Å². The van der Waals surface area contributed by atoms with Crippen LogP contribution in [-0.2, 0) is 4.79 Å². The second-order valence-electron chi connectivity index (χ2n) is 8.06. The zero-order valence-electron chi connectivity index (χ0n) is 14.6. The summed E-state index contributed by atoms with van der Waals surface area (Å²) >= 11 is 0. The van der Waals surface area contributed by atoms with Crippen LogP contribution in [0.2, 0.25) is 0 Å². The van der Waals surface area contributed by atoms with Gasteiger partial charge in [0.05, 0.1) is 0 Å². The van der Waals surface area contributed by atoms with Crippen LogP contribution in [0, 0.1) is 11.3 Å². The molecule has 1 saturated carbocycles. The van der Waals surface area contributed by atoms with E-state index in [1.807, 2.05) is 4.90 Å². The van der Waals surface area contributed by atoms with E-state index in [-0.39, 0.29) is 17.1 Å². The van der Waals surface area contributed by atoms with Crippen molar-refractivity contribution < 1.29 is 14.7 Å². The standard InChI is InChI=1S/C20H26N2O3/c23-17-5-3-16(4-6-17)19(25)21-11-9-20(10-12-21)8-7-18(24)22(14-20)13-15-1-2-15/h3-6,15,23H,1-2,7-14H2. The number of amides is 2. The first-order chi connectivity index (χ1) is 12.0. The van der Waals surface area contributed by atoms with Crippen LogP contribution in [0.1, 0.15) is 48.9 Å². The Labute approximate surface area is 148 Å². The van der Waals surface area contributed by atoms with Crippen LogP contribution in [0.15, 0.2) is 24.3 Å². The Morgan fingerprint density at radius 2 is 1.80 bits per heavy atom. The summed E-state index contributed by atoms with van der Waals surface area (Å²) in [6, 6.07) is 6.47. The van der Waals surface area contributed by atoms with Crippen molar-refractivity contribution in [3.05, 3.63) is 29.8 Å². The van der Waals surface area contributed by atoms with E-state index in [1.165, 1.54) is 12.8 Å². The molecule has 0 radical (unpaired) electrons. The first-order valence-electron chi connectivity index (χ1n) is 9.41. The van der Waals surface area contributed by atoms with Crippen LogP contribution < -0.4 is 0 Å². The largest absolute Gasteiger partial charge is 0.508 e. The van der Waals surface area contributed by atoms with Crippen LogP contribution in [0.25, 0.3) is 0 Å². The van der Waals surface area contributed by atoms with Crippen LogP contribution in [0.3, 0.4) is 0 Å². The Hall–Kier alpha value is -2.04. The molecule has 5 nitrogen and oxygen atoms in total. The van der Waals surface area contributed by atoms with Gasteiger partial charge in [-0.2, -0.15) is 0 Å². The van der Waals surface area contributed by atoms with Gasteiger partial charge in [0.2, 0.25) is 5.91 Å². The number of nitrogens with zero attached hydrogens (tertiary/aromatic N) is 2. The van der Waals surface area contributed by atoms with Gasteiger partial charge in [0, 0.05) is 38.2 Å². The highest BCUT2D eigenvalue weighted by Crippen LogP contribution is 2.42. The van der Waals surface area contributed by atoms with Gasteiger partial charge in [-0.25, -0.2) is 0 Å². The molecule has 3 fully saturated rings. The minimum absolute atomic E-state index is 0.0385. The number of rotatable bonds is 3. The molecule has 0 bridgehead atoms. The quantitative estimate of drug-likeness (QED) is 0.919. The summed E-state index contributed by atoms with van der Waals surface area (Å²) in [5, 5.41) is 9.37. The van der Waals surface area contributed by atoms with Crippen molar-refractivity contribution in [2.24, 2.45) is 11.3 Å². The number of phenols is 1. The first-order valence-corrected chi connectivity index (χ1v) is 9.41. The van der Waals surface area contributed by atoms with E-state index < -0.39 is 0 Å². The lowest BCUT2D eigenvalue weighted by molar-refractivity contribution is -0.139. The summed E-state index contributed by atoms with van der Waals surface area (Å²) in [4.78, 5) is 28.9. The number of hydrogen-bond donors (Lipinski definition) is 1. The average Bonchev–Trinajstić information content (AvgIpc) is 3.43. The molecule has 1 N–H and O–H groups in total. The Bertz CT molecular complexity index is 658. The highest BCUT2D eigenvalue weighted by atomic mass is 16.3. The maximum Gasteiger partial charge on any atom is 0.253 e. The van der Waals surface area contributed by atoms with Crippen LogP contribution in [0.4, 0.5) is 0 Å². The Kier molecular flexibility index (Phi) is 4.18. The number of carbonyl (C=O) groups is 2. The molecule has 1 spiro atoms. The van der Waals surface area contributed by atoms with E-state index in [0.29, 0.717) is 17.9 Å². The number of hydrogen-bond acceptors (Lipinski definition) is 3. The predicted octanol–water partition coefficient (Wildman–Crippen LogP) is 2.65. The number of likely N-dealkylation sites (tertiary alicyclic amines) is 2. The lowest BCUT2D eigenvalue weighted by Gasteiger charge is -2.47. The molecule has 2 heterocycles. The minimum atomic E-state index is 0.0385. The summed E-state index contributed by atoms with van der Waals surface area (Å²) in [5.41, 5.74) is 0.831. The highest BCUT2D eigenvalue weighted by Gasteiger charge is 2.42. The third-order valence-electron chi connectivity index (χ3n) is 6.15. The highest BCUT2D eigenvalue weighted by molar-refractivity contribution is 5.94. The second-order valence-corrected chi connectivity index (χ2v) is 8.06. The molecule has 2 aliphatic heterocycles. The molecule has 1 aliphatic carbocycles. The number of benzene rings is 1. The van der Waals surface area contributed by atoms with Crippen LogP contribution in [0.5, 0.6) is 5.75 Å². The lowest BCUT2D eigenvalue weighted by atomic mass is 9.72. The topological polar surface area (TPSA) is 60.9 Å². The lowest BCUT2D eigenvalue weighted by Crippen LogP contribution is -2.52. The van der Waals surface area contributed by atoms with Gasteiger partial charge in [0.25, 0.3) is 5.91 Å². The minimum Gasteiger partial charge on any atom is -0.508 e. The summed E-state index contributed by atoms with van der Waals surface area (Å²) in [7, 11) is 0. The number of piperidine rings is 2. The average molecular weight is 342 g/mol. The molecule has 1 aromatic rings. The molecule has 134 valence electrons. The van der Waals surface area contributed by atoms with Crippen LogP contribution in [-0.4, -0.2) is 52.9 Å². The van der Waals surface area contributed by atoms with Gasteiger partial charge in [0.1, 0.15) is 5.75 Å². The fourth-order valence-corrected chi connectivity index (χ4v) is 4.26. The van der Waals surface area contributed by atoms with Gasteiger partial charge in [-0.05, 0) is 67.7 Å². The molecular formula is C20H26N2O3. The Morgan fingerprint density at radius 3 is 2.44 bits per heavy atom. The van der Waals surface area contributed by atoms with Crippen molar-refractivity contribution in [3.63, 3.8) is 0 Å². The zero-order valence-corrected chi connectivity index (χ0v) is 14.6. The smallest absolute Gasteiger partial charge is 0.253 e. The number of phenolic OH excluding ortho intramolecular Hbond substituents is 1. The summed E-state index contributed by atoms with van der Waals surface area (Å²) in [6.45, 7) is 3.33. The number of aromatic hydroxyl groups is 1. The monoisotopic (exact) mass is 342 g/mol. The molecule has 3 aliphatic rings. The molecule has 25 heavy (non-hydrogen) atoms. The van der Waals surface area contributed by atoms with Gasteiger partial charge in [-0.15, -0.1) is 0 Å². The van der Waals surface area contributed by atoms with Crippen LogP contribution >= 0.6 is 0 Å². The summed E-state index contributed by atoms with van der Waals surface area (Å²) < 4.78 is 0. The molecule has 0 unspecified atom stereocenters. The third kappa shape index (κ3) is 3.51. The Morgan fingerprint density at radius 1 is 1.12 bits per heavy atom. The summed E-state index contributed by atoms with van der Waals surface area (Å²) in [6.07, 6.45) is 6.13. The van der Waals surface area contributed by atoms with Gasteiger partial charge in [-0.3, -0.25) is 9.59 Å². The zero-order chi connectivity index (χ0) is 17.4. The second kappa shape index (κ2) is 6.36. The molecule has 4 rings (SSSR count). The van der Waals surface area contributed by atoms with E-state index in [0.717, 1.165) is 51.4 Å². The summed E-state index contributed by atoms with van der Waals surface area (Å²) in [5.74, 6) is 1.27. The van der Waals surface area contributed by atoms with Gasteiger partial charge in [0.15, 0.2) is 0 Å². The molecule has 0 aromatic heterocycles. The fraction of sp³-hybridized carbons (Fsp3) is 0.600. The fourth-order valence-electron chi connectivity index (χ4n) is 4.26. The van der Waals surface area contributed by atoms with Gasteiger partial charge in [-0.1, -0.05) is 0 Å². The van der Waals surface area contributed by atoms with Gasteiger partial charge >= 0.3 is 0 Å². The molecule has 1 aromatic carbocycles. The van der Waals surface area contributed by atoms with E-state index in [2.05, 4.69) is 4.90 Å². The van der Waals surface area contributed by atoms with Crippen molar-refractivity contribution in [1.82, 2.24) is 9.80 Å². The predicted molar refractivity (Wildman–Crippen MR) is 94.2 cm³/mol. The molecule has 2 amide bonds. The first kappa shape index (κ1) is 16.4. The third-order valence-corrected chi connectivity index (χ3v) is 6.15. The number of carbonyl (C=O) groups excluding carboxylic acids is 2. The Balaban J connectivity index is 1.37. The van der Waals surface area contributed by atoms with E-state index in [4.69, 9.17) is 0 Å². The van der Waals surface area contributed by atoms with Crippen molar-refractivity contribution in [3.8, 4) is 5.75 Å². The molecular weight excluding hydrogens is 316 g/mol. The van der Waals surface area contributed by atoms with Crippen molar-refractivity contribution in [2.75, 3.05) is 26.2 Å². The van der Waals surface area contributed by atoms with E-state index in [9.17, 15) is 14.7 Å². The van der Waals surface area contributed by atoms with Crippen molar-refractivity contribution in [2.45, 2.75) is 38.5 Å². The van der Waals surface area contributed by atoms with Crippen molar-refractivity contribution in [1.29, 1.82) is 0 Å². The molecule has 2 saturated heterocycles. The molecule has 0 atom stereocenters. The van der Waals surface area contributed by atoms with Gasteiger partial charge < -0.3 is 14.9 Å². The maximum atomic E-state index is 12.6. The van der Waals surface area contributed by atoms with Crippen molar-refractivity contribution >= 4 is 11.8 Å². The SMILES string of the molecule is O=C1CCC2(CCN(C(=O)c3ccc(O)cc3)CC2)CN1CC1CC1. The normalized spacial score (nSPS) is 23.1. The molecule has 5 heteroatoms. The maximum absolute atomic E-state index is 12.6. The van der Waals surface area contributed by atoms with E-state index in [1.54, 1.807) is 24.3 Å².